The molecule has 0 aromatic heterocycles. The molecular formula is C11H13ClF3NO4S. The lowest BCUT2D eigenvalue weighted by molar-refractivity contribution is -0.137. The van der Waals surface area contributed by atoms with Crippen LogP contribution in [0, 0.1) is 0 Å². The second-order valence-corrected chi connectivity index (χ2v) is 6.31. The minimum absolute atomic E-state index is 0.366. The summed E-state index contributed by atoms with van der Waals surface area (Å²) in [4.78, 5) is -0.721. The number of sulfonamides is 1. The Morgan fingerprint density at radius 2 is 1.67 bits per heavy atom. The summed E-state index contributed by atoms with van der Waals surface area (Å²) >= 11 is 5.68. The van der Waals surface area contributed by atoms with E-state index in [1.807, 2.05) is 0 Å². The maximum absolute atomic E-state index is 12.7. The molecule has 0 saturated heterocycles. The van der Waals surface area contributed by atoms with Crippen molar-refractivity contribution in [1.82, 2.24) is 4.31 Å². The molecule has 120 valence electrons. The van der Waals surface area contributed by atoms with Gasteiger partial charge in [0, 0.05) is 13.1 Å². The molecule has 10 heteroatoms. The molecule has 0 heterocycles. The molecule has 0 aliphatic carbocycles. The van der Waals surface area contributed by atoms with E-state index in [1.165, 1.54) is 0 Å². The number of rotatable bonds is 6. The van der Waals surface area contributed by atoms with Gasteiger partial charge in [0.25, 0.3) is 0 Å². The second-order valence-electron chi connectivity index (χ2n) is 3.99. The van der Waals surface area contributed by atoms with Gasteiger partial charge in [-0.25, -0.2) is 8.42 Å². The number of hydrogen-bond acceptors (Lipinski definition) is 4. The lowest BCUT2D eigenvalue weighted by Crippen LogP contribution is -2.36. The number of aliphatic hydroxyl groups is 2. The highest BCUT2D eigenvalue weighted by Crippen LogP contribution is 2.34. The van der Waals surface area contributed by atoms with Crippen LogP contribution in [0.15, 0.2) is 23.1 Å². The molecule has 1 aromatic carbocycles. The summed E-state index contributed by atoms with van der Waals surface area (Å²) < 4.78 is 63.1. The minimum Gasteiger partial charge on any atom is -0.395 e. The molecular weight excluding hydrogens is 335 g/mol. The van der Waals surface area contributed by atoms with Gasteiger partial charge >= 0.3 is 6.18 Å². The van der Waals surface area contributed by atoms with Gasteiger partial charge in [-0.2, -0.15) is 17.5 Å². The predicted octanol–water partition coefficient (Wildman–Crippen LogP) is 1.33. The first-order valence-electron chi connectivity index (χ1n) is 5.73. The van der Waals surface area contributed by atoms with Gasteiger partial charge in [0.1, 0.15) is 4.90 Å². The average Bonchev–Trinajstić information content (AvgIpc) is 2.37. The van der Waals surface area contributed by atoms with Gasteiger partial charge in [0.15, 0.2) is 0 Å². The molecule has 0 amide bonds. The van der Waals surface area contributed by atoms with Crippen LogP contribution in [0.4, 0.5) is 13.2 Å². The van der Waals surface area contributed by atoms with Crippen LogP contribution in [-0.2, 0) is 16.2 Å². The molecule has 0 aliphatic heterocycles. The van der Waals surface area contributed by atoms with Crippen LogP contribution >= 0.6 is 11.6 Å². The van der Waals surface area contributed by atoms with Crippen LogP contribution in [0.2, 0.25) is 5.02 Å². The van der Waals surface area contributed by atoms with Crippen molar-refractivity contribution in [2.75, 3.05) is 26.3 Å². The van der Waals surface area contributed by atoms with Crippen molar-refractivity contribution >= 4 is 21.6 Å². The monoisotopic (exact) mass is 347 g/mol. The molecule has 1 aromatic rings. The Morgan fingerprint density at radius 3 is 2.10 bits per heavy atom. The third kappa shape index (κ3) is 4.30. The van der Waals surface area contributed by atoms with E-state index in [4.69, 9.17) is 21.8 Å². The van der Waals surface area contributed by atoms with Gasteiger partial charge in [0.05, 0.1) is 23.8 Å². The van der Waals surface area contributed by atoms with Crippen LogP contribution in [0.25, 0.3) is 0 Å². The number of halogens is 4. The zero-order valence-electron chi connectivity index (χ0n) is 10.6. The lowest BCUT2D eigenvalue weighted by Gasteiger charge is -2.21. The van der Waals surface area contributed by atoms with E-state index in [9.17, 15) is 21.6 Å². The molecule has 0 spiro atoms. The maximum atomic E-state index is 12.7. The maximum Gasteiger partial charge on any atom is 0.416 e. The Balaban J connectivity index is 3.35. The lowest BCUT2D eigenvalue weighted by atomic mass is 10.2. The van der Waals surface area contributed by atoms with Crippen molar-refractivity contribution in [3.05, 3.63) is 28.8 Å². The summed E-state index contributed by atoms with van der Waals surface area (Å²) in [6, 6.07) is 1.94. The molecule has 0 radical (unpaired) electrons. The Kier molecular flexibility index (Phi) is 6.00. The standard InChI is InChI=1S/C11H13ClF3NO4S/c12-9-2-1-8(11(13,14)15)7-10(9)21(19,20)16(3-5-17)4-6-18/h1-2,7,17-18H,3-6H2. The molecule has 5 nitrogen and oxygen atoms in total. The van der Waals surface area contributed by atoms with Gasteiger partial charge in [-0.05, 0) is 18.2 Å². The SMILES string of the molecule is O=S(=O)(c1cc(C(F)(F)F)ccc1Cl)N(CCO)CCO. The third-order valence-corrected chi connectivity index (χ3v) is 4.96. The predicted molar refractivity (Wildman–Crippen MR) is 69.4 cm³/mol. The minimum atomic E-state index is -4.71. The quantitative estimate of drug-likeness (QED) is 0.814. The van der Waals surface area contributed by atoms with Crippen molar-refractivity contribution in [1.29, 1.82) is 0 Å². The van der Waals surface area contributed by atoms with E-state index >= 15 is 0 Å². The molecule has 21 heavy (non-hydrogen) atoms. The van der Waals surface area contributed by atoms with Crippen LogP contribution in [-0.4, -0.2) is 49.2 Å². The Labute approximate surface area is 124 Å². The van der Waals surface area contributed by atoms with Crippen molar-refractivity contribution in [3.63, 3.8) is 0 Å². The molecule has 0 atom stereocenters. The topological polar surface area (TPSA) is 77.8 Å². The Bertz CT molecular complexity index is 586. The van der Waals surface area contributed by atoms with Crippen molar-refractivity contribution < 1.29 is 31.8 Å². The molecule has 0 unspecified atom stereocenters. The van der Waals surface area contributed by atoms with Crippen molar-refractivity contribution in [2.24, 2.45) is 0 Å². The Morgan fingerprint density at radius 1 is 1.14 bits per heavy atom. The van der Waals surface area contributed by atoms with Crippen LogP contribution < -0.4 is 0 Å². The van der Waals surface area contributed by atoms with E-state index in [2.05, 4.69) is 0 Å². The molecule has 0 fully saturated rings. The summed E-state index contributed by atoms with van der Waals surface area (Å²) in [6.45, 7) is -1.82. The third-order valence-electron chi connectivity index (χ3n) is 2.58. The summed E-state index contributed by atoms with van der Waals surface area (Å²) in [7, 11) is -4.36. The average molecular weight is 348 g/mol. The molecule has 2 N–H and O–H groups in total. The molecule has 0 aliphatic rings. The summed E-state index contributed by atoms with van der Waals surface area (Å²) in [5, 5.41) is 17.3. The molecule has 0 saturated carbocycles. The first kappa shape index (κ1) is 18.2. The highest BCUT2D eigenvalue weighted by atomic mass is 35.5. The highest BCUT2D eigenvalue weighted by Gasteiger charge is 2.34. The zero-order valence-corrected chi connectivity index (χ0v) is 12.2. The number of nitrogens with zero attached hydrogens (tertiary/aromatic N) is 1. The Hall–Kier alpha value is -0.870. The number of benzene rings is 1. The van der Waals surface area contributed by atoms with Crippen LogP contribution in [0.5, 0.6) is 0 Å². The van der Waals surface area contributed by atoms with Crippen molar-refractivity contribution in [2.45, 2.75) is 11.1 Å². The van der Waals surface area contributed by atoms with E-state index < -0.39 is 39.9 Å². The van der Waals surface area contributed by atoms with E-state index in [0.29, 0.717) is 16.4 Å². The fourth-order valence-electron chi connectivity index (χ4n) is 1.59. The zero-order chi connectivity index (χ0) is 16.3. The first-order valence-corrected chi connectivity index (χ1v) is 7.55. The normalized spacial score (nSPS) is 12.9. The fourth-order valence-corrected chi connectivity index (χ4v) is 3.51. The number of alkyl halides is 3. The summed E-state index contributed by atoms with van der Waals surface area (Å²) in [6.07, 6.45) is -4.71. The van der Waals surface area contributed by atoms with Gasteiger partial charge in [-0.3, -0.25) is 0 Å². The van der Waals surface area contributed by atoms with Gasteiger partial charge in [-0.1, -0.05) is 11.6 Å². The van der Waals surface area contributed by atoms with Crippen LogP contribution in [0.1, 0.15) is 5.56 Å². The summed E-state index contributed by atoms with van der Waals surface area (Å²) in [5.41, 5.74) is -1.15. The van der Waals surface area contributed by atoms with Gasteiger partial charge in [0.2, 0.25) is 10.0 Å². The number of hydrogen-bond donors (Lipinski definition) is 2. The molecule has 1 rings (SSSR count). The number of aliphatic hydroxyl groups excluding tert-OH is 2. The first-order chi connectivity index (χ1) is 9.64. The largest absolute Gasteiger partial charge is 0.416 e. The van der Waals surface area contributed by atoms with E-state index in [0.717, 1.165) is 6.07 Å². The smallest absolute Gasteiger partial charge is 0.395 e. The highest BCUT2D eigenvalue weighted by molar-refractivity contribution is 7.89. The fraction of sp³-hybridized carbons (Fsp3) is 0.455. The van der Waals surface area contributed by atoms with E-state index in [1.54, 1.807) is 0 Å². The summed E-state index contributed by atoms with van der Waals surface area (Å²) in [5.74, 6) is 0. The van der Waals surface area contributed by atoms with Crippen LogP contribution in [0.3, 0.4) is 0 Å². The van der Waals surface area contributed by atoms with E-state index in [-0.39, 0.29) is 18.1 Å². The van der Waals surface area contributed by atoms with Crippen molar-refractivity contribution in [3.8, 4) is 0 Å². The van der Waals surface area contributed by atoms with Gasteiger partial charge in [-0.15, -0.1) is 0 Å². The second kappa shape index (κ2) is 6.93. The molecule has 0 bridgehead atoms. The van der Waals surface area contributed by atoms with Gasteiger partial charge < -0.3 is 10.2 Å².